The van der Waals surface area contributed by atoms with Crippen LogP contribution in [0.5, 0.6) is 0 Å². The van der Waals surface area contributed by atoms with Gasteiger partial charge in [0.05, 0.1) is 4.90 Å². The number of halogens is 2. The fourth-order valence-electron chi connectivity index (χ4n) is 2.33. The predicted octanol–water partition coefficient (Wildman–Crippen LogP) is 2.18. The van der Waals surface area contributed by atoms with Crippen LogP contribution in [-0.2, 0) is 9.84 Å². The highest BCUT2D eigenvalue weighted by Gasteiger charge is 2.28. The van der Waals surface area contributed by atoms with E-state index in [1.807, 2.05) is 20.8 Å². The average molecular weight is 348 g/mol. The van der Waals surface area contributed by atoms with Crippen molar-refractivity contribution < 1.29 is 22.0 Å². The van der Waals surface area contributed by atoms with Crippen molar-refractivity contribution in [1.82, 2.24) is 5.32 Å². The first-order valence-corrected chi connectivity index (χ1v) is 8.71. The van der Waals surface area contributed by atoms with Gasteiger partial charge in [-0.2, -0.15) is 8.78 Å². The second-order valence-corrected chi connectivity index (χ2v) is 8.06. The second kappa shape index (κ2) is 7.35. The van der Waals surface area contributed by atoms with E-state index in [2.05, 4.69) is 5.32 Å². The van der Waals surface area contributed by atoms with Crippen molar-refractivity contribution in [1.29, 1.82) is 0 Å². The number of sulfone groups is 1. The van der Waals surface area contributed by atoms with Crippen LogP contribution >= 0.6 is 0 Å². The summed E-state index contributed by atoms with van der Waals surface area (Å²) in [6.45, 7) is 6.07. The normalized spacial score (nSPS) is 14.8. The van der Waals surface area contributed by atoms with E-state index in [1.165, 1.54) is 12.1 Å². The standard InChI is InChI=1S/C15H22F2N2O3S/c1-10(2)8-15(3,9-18)19-13(20)11-4-6-12(7-5-11)23(21,22)14(16)17/h4-7,10,14H,8-9,18H2,1-3H3,(H,19,20). The number of benzene rings is 1. The molecule has 1 amide bonds. The number of carbonyl (C=O) groups excluding carboxylic acids is 1. The van der Waals surface area contributed by atoms with Gasteiger partial charge in [0.25, 0.3) is 5.91 Å². The molecule has 23 heavy (non-hydrogen) atoms. The molecule has 0 saturated heterocycles. The Morgan fingerprint density at radius 2 is 1.78 bits per heavy atom. The summed E-state index contributed by atoms with van der Waals surface area (Å²) in [6, 6.07) is 4.41. The minimum absolute atomic E-state index is 0.182. The zero-order valence-electron chi connectivity index (χ0n) is 13.3. The van der Waals surface area contributed by atoms with Gasteiger partial charge in [-0.15, -0.1) is 0 Å². The van der Waals surface area contributed by atoms with Crippen molar-refractivity contribution >= 4 is 15.7 Å². The Morgan fingerprint density at radius 1 is 1.26 bits per heavy atom. The first kappa shape index (κ1) is 19.5. The van der Waals surface area contributed by atoms with Crippen LogP contribution in [0.15, 0.2) is 29.2 Å². The molecule has 0 saturated carbocycles. The average Bonchev–Trinajstić information content (AvgIpc) is 2.46. The Balaban J connectivity index is 2.94. The molecule has 8 heteroatoms. The number of nitrogens with two attached hydrogens (primary N) is 1. The van der Waals surface area contributed by atoms with E-state index in [9.17, 15) is 22.0 Å². The first-order chi connectivity index (χ1) is 10.5. The van der Waals surface area contributed by atoms with Crippen LogP contribution in [0.4, 0.5) is 8.78 Å². The maximum Gasteiger partial charge on any atom is 0.341 e. The number of carbonyl (C=O) groups is 1. The molecule has 0 aliphatic carbocycles. The number of amides is 1. The van der Waals surface area contributed by atoms with E-state index in [-0.39, 0.29) is 12.1 Å². The molecule has 1 atom stereocenters. The molecule has 0 radical (unpaired) electrons. The lowest BCUT2D eigenvalue weighted by molar-refractivity contribution is 0.0898. The molecule has 0 aliphatic heterocycles. The summed E-state index contributed by atoms with van der Waals surface area (Å²) in [5.41, 5.74) is 5.30. The number of alkyl halides is 2. The minimum atomic E-state index is -4.66. The molecule has 0 spiro atoms. The van der Waals surface area contributed by atoms with Crippen LogP contribution in [0.25, 0.3) is 0 Å². The first-order valence-electron chi connectivity index (χ1n) is 7.16. The fourth-order valence-corrected chi connectivity index (χ4v) is 3.05. The molecule has 0 fully saturated rings. The molecule has 0 bridgehead atoms. The van der Waals surface area contributed by atoms with Crippen LogP contribution in [0.3, 0.4) is 0 Å². The van der Waals surface area contributed by atoms with E-state index >= 15 is 0 Å². The van der Waals surface area contributed by atoms with Gasteiger partial charge in [0.1, 0.15) is 0 Å². The zero-order chi connectivity index (χ0) is 17.8. The van der Waals surface area contributed by atoms with E-state index in [0.717, 1.165) is 12.1 Å². The van der Waals surface area contributed by atoms with Gasteiger partial charge in [0, 0.05) is 17.6 Å². The molecule has 5 nitrogen and oxygen atoms in total. The highest BCUT2D eigenvalue weighted by Crippen LogP contribution is 2.20. The molecular formula is C15H22F2N2O3S. The number of hydrogen-bond donors (Lipinski definition) is 2. The van der Waals surface area contributed by atoms with Gasteiger partial charge in [-0.25, -0.2) is 8.42 Å². The molecule has 1 unspecified atom stereocenters. The summed E-state index contributed by atoms with van der Waals surface area (Å²) in [6.07, 6.45) is 0.674. The molecule has 1 aromatic rings. The Labute approximate surface area is 135 Å². The van der Waals surface area contributed by atoms with Crippen LogP contribution in [-0.4, -0.2) is 32.2 Å². The van der Waals surface area contributed by atoms with Crippen molar-refractivity contribution in [3.8, 4) is 0 Å². The summed E-state index contributed by atoms with van der Waals surface area (Å²) in [5.74, 6) is -3.60. The van der Waals surface area contributed by atoms with Crippen molar-refractivity contribution in [2.75, 3.05) is 6.54 Å². The Hall–Kier alpha value is -1.54. The summed E-state index contributed by atoms with van der Waals surface area (Å²) in [7, 11) is -4.66. The number of rotatable bonds is 7. The lowest BCUT2D eigenvalue weighted by Gasteiger charge is -2.31. The lowest BCUT2D eigenvalue weighted by atomic mass is 9.90. The Bertz CT molecular complexity index is 645. The van der Waals surface area contributed by atoms with E-state index in [1.54, 1.807) is 0 Å². The predicted molar refractivity (Wildman–Crippen MR) is 84.0 cm³/mol. The van der Waals surface area contributed by atoms with Gasteiger partial charge < -0.3 is 11.1 Å². The molecular weight excluding hydrogens is 326 g/mol. The highest BCUT2D eigenvalue weighted by atomic mass is 32.2. The summed E-state index contributed by atoms with van der Waals surface area (Å²) in [4.78, 5) is 11.7. The Morgan fingerprint density at radius 3 is 2.17 bits per heavy atom. The quantitative estimate of drug-likeness (QED) is 0.790. The molecule has 1 aromatic carbocycles. The summed E-state index contributed by atoms with van der Waals surface area (Å²) >= 11 is 0. The van der Waals surface area contributed by atoms with E-state index in [0.29, 0.717) is 12.3 Å². The smallest absolute Gasteiger partial charge is 0.341 e. The third-order valence-electron chi connectivity index (χ3n) is 3.40. The van der Waals surface area contributed by atoms with Crippen molar-refractivity contribution in [3.63, 3.8) is 0 Å². The largest absolute Gasteiger partial charge is 0.346 e. The molecule has 0 aliphatic rings. The summed E-state index contributed by atoms with van der Waals surface area (Å²) < 4.78 is 47.6. The fraction of sp³-hybridized carbons (Fsp3) is 0.533. The topological polar surface area (TPSA) is 89.3 Å². The van der Waals surface area contributed by atoms with Gasteiger partial charge in [0.2, 0.25) is 9.84 Å². The van der Waals surface area contributed by atoms with Crippen molar-refractivity contribution in [2.24, 2.45) is 11.7 Å². The SMILES string of the molecule is CC(C)CC(C)(CN)NC(=O)c1ccc(S(=O)(=O)C(F)F)cc1. The van der Waals surface area contributed by atoms with Gasteiger partial charge in [-0.3, -0.25) is 4.79 Å². The maximum atomic E-state index is 12.5. The molecule has 1 rings (SSSR count). The van der Waals surface area contributed by atoms with Crippen LogP contribution in [0.1, 0.15) is 37.6 Å². The zero-order valence-corrected chi connectivity index (χ0v) is 14.2. The van der Waals surface area contributed by atoms with E-state index in [4.69, 9.17) is 5.73 Å². The van der Waals surface area contributed by atoms with Gasteiger partial charge in [-0.05, 0) is 43.5 Å². The molecule has 130 valence electrons. The third-order valence-corrected chi connectivity index (χ3v) is 4.80. The monoisotopic (exact) mass is 348 g/mol. The van der Waals surface area contributed by atoms with Gasteiger partial charge in [-0.1, -0.05) is 13.8 Å². The minimum Gasteiger partial charge on any atom is -0.346 e. The number of hydrogen-bond acceptors (Lipinski definition) is 4. The third kappa shape index (κ3) is 4.97. The van der Waals surface area contributed by atoms with Crippen LogP contribution < -0.4 is 11.1 Å². The molecule has 0 heterocycles. The van der Waals surface area contributed by atoms with Gasteiger partial charge in [0.15, 0.2) is 0 Å². The van der Waals surface area contributed by atoms with Crippen LogP contribution in [0, 0.1) is 5.92 Å². The Kier molecular flexibility index (Phi) is 6.24. The maximum absolute atomic E-state index is 12.5. The van der Waals surface area contributed by atoms with Crippen LogP contribution in [0.2, 0.25) is 0 Å². The second-order valence-electron chi connectivity index (χ2n) is 6.15. The van der Waals surface area contributed by atoms with Crippen molar-refractivity contribution in [2.45, 2.75) is 43.4 Å². The lowest BCUT2D eigenvalue weighted by Crippen LogP contribution is -2.52. The molecule has 3 N–H and O–H groups in total. The highest BCUT2D eigenvalue weighted by molar-refractivity contribution is 7.91. The van der Waals surface area contributed by atoms with Crippen molar-refractivity contribution in [3.05, 3.63) is 29.8 Å². The van der Waals surface area contributed by atoms with E-state index < -0.39 is 31.9 Å². The molecule has 0 aromatic heterocycles. The van der Waals surface area contributed by atoms with Gasteiger partial charge >= 0.3 is 5.76 Å². The number of nitrogens with one attached hydrogen (secondary N) is 1. The summed E-state index contributed by atoms with van der Waals surface area (Å²) in [5, 5.41) is 2.81.